The molecule has 0 radical (unpaired) electrons. The van der Waals surface area contributed by atoms with Gasteiger partial charge in [-0.1, -0.05) is 24.8 Å². The molecule has 1 amide bonds. The van der Waals surface area contributed by atoms with Crippen molar-refractivity contribution in [1.82, 2.24) is 15.2 Å². The maximum absolute atomic E-state index is 13.5. The third-order valence-corrected chi connectivity index (χ3v) is 4.37. The monoisotopic (exact) mass is 338 g/mol. The average Bonchev–Trinajstić information content (AvgIpc) is 2.50. The number of hydrogen-bond donors (Lipinski definition) is 3. The van der Waals surface area contributed by atoms with Crippen molar-refractivity contribution in [3.8, 4) is 0 Å². The van der Waals surface area contributed by atoms with Gasteiger partial charge in [0.1, 0.15) is 5.82 Å². The third kappa shape index (κ3) is 4.28. The van der Waals surface area contributed by atoms with Gasteiger partial charge in [0.2, 0.25) is 5.91 Å². The van der Waals surface area contributed by atoms with Crippen molar-refractivity contribution in [3.05, 3.63) is 50.4 Å². The highest BCUT2D eigenvalue weighted by atomic mass is 32.2. The maximum Gasteiger partial charge on any atom is 0.342 e. The van der Waals surface area contributed by atoms with Gasteiger partial charge in [0, 0.05) is 5.69 Å². The van der Waals surface area contributed by atoms with E-state index < -0.39 is 22.3 Å². The summed E-state index contributed by atoms with van der Waals surface area (Å²) in [5, 5.41) is 7.71. The minimum atomic E-state index is -0.716. The average molecular weight is 338 g/mol. The zero-order chi connectivity index (χ0) is 17.0. The third-order valence-electron chi connectivity index (χ3n) is 3.04. The van der Waals surface area contributed by atoms with Crippen LogP contribution in [0.25, 0.3) is 0 Å². The topological polar surface area (TPSA) is 108 Å². The first-order chi connectivity index (χ1) is 10.9. The Balaban J connectivity index is 2.13. The Morgan fingerprint density at radius 2 is 2.17 bits per heavy atom. The second-order valence-electron chi connectivity index (χ2n) is 4.78. The van der Waals surface area contributed by atoms with Crippen LogP contribution in [0.5, 0.6) is 0 Å². The Morgan fingerprint density at radius 3 is 2.78 bits per heavy atom. The number of amides is 1. The molecule has 2 rings (SSSR count). The SMILES string of the molecule is CC[C@@H](Sc1n[nH]c(=O)[nH]c1=O)C(=O)Nc1ccc(C)c(F)c1. The van der Waals surface area contributed by atoms with E-state index in [2.05, 4.69) is 15.5 Å². The van der Waals surface area contributed by atoms with E-state index in [1.807, 2.05) is 4.98 Å². The number of aryl methyl sites for hydroxylation is 1. The molecule has 1 atom stereocenters. The van der Waals surface area contributed by atoms with Crippen LogP contribution in [-0.2, 0) is 4.79 Å². The highest BCUT2D eigenvalue weighted by Crippen LogP contribution is 2.22. The fourth-order valence-corrected chi connectivity index (χ4v) is 2.63. The first-order valence-electron chi connectivity index (χ1n) is 6.83. The summed E-state index contributed by atoms with van der Waals surface area (Å²) in [7, 11) is 0. The Labute approximate surface area is 134 Å². The van der Waals surface area contributed by atoms with Gasteiger partial charge in [0.25, 0.3) is 5.56 Å². The van der Waals surface area contributed by atoms with Crippen LogP contribution in [0.1, 0.15) is 18.9 Å². The number of hydrogen-bond acceptors (Lipinski definition) is 5. The molecular formula is C14H15FN4O3S. The summed E-state index contributed by atoms with van der Waals surface area (Å²) in [6.45, 7) is 3.40. The number of nitrogens with one attached hydrogen (secondary N) is 3. The zero-order valence-electron chi connectivity index (χ0n) is 12.5. The largest absolute Gasteiger partial charge is 0.342 e. The normalized spacial score (nSPS) is 12.0. The van der Waals surface area contributed by atoms with Gasteiger partial charge in [-0.05, 0) is 31.0 Å². The van der Waals surface area contributed by atoms with Crippen LogP contribution in [-0.4, -0.2) is 26.3 Å². The van der Waals surface area contributed by atoms with E-state index in [0.29, 0.717) is 17.7 Å². The van der Waals surface area contributed by atoms with Gasteiger partial charge in [-0.15, -0.1) is 0 Å². The first-order valence-corrected chi connectivity index (χ1v) is 7.71. The lowest BCUT2D eigenvalue weighted by Gasteiger charge is -2.14. The lowest BCUT2D eigenvalue weighted by molar-refractivity contribution is -0.115. The van der Waals surface area contributed by atoms with Crippen molar-refractivity contribution in [2.75, 3.05) is 5.32 Å². The van der Waals surface area contributed by atoms with E-state index in [1.165, 1.54) is 6.07 Å². The van der Waals surface area contributed by atoms with Crippen LogP contribution in [0.15, 0.2) is 32.8 Å². The van der Waals surface area contributed by atoms with Crippen LogP contribution in [0.4, 0.5) is 10.1 Å². The predicted octanol–water partition coefficient (Wildman–Crippen LogP) is 1.42. The Morgan fingerprint density at radius 1 is 1.43 bits per heavy atom. The molecule has 1 aromatic carbocycles. The summed E-state index contributed by atoms with van der Waals surface area (Å²) < 4.78 is 13.5. The van der Waals surface area contributed by atoms with Crippen molar-refractivity contribution < 1.29 is 9.18 Å². The van der Waals surface area contributed by atoms with Crippen molar-refractivity contribution in [3.63, 3.8) is 0 Å². The highest BCUT2D eigenvalue weighted by molar-refractivity contribution is 8.00. The van der Waals surface area contributed by atoms with E-state index in [1.54, 1.807) is 26.0 Å². The van der Waals surface area contributed by atoms with E-state index in [4.69, 9.17) is 0 Å². The quantitative estimate of drug-likeness (QED) is 0.715. The molecule has 2 aromatic rings. The van der Waals surface area contributed by atoms with E-state index in [-0.39, 0.29) is 10.9 Å². The van der Waals surface area contributed by atoms with Crippen molar-refractivity contribution in [2.45, 2.75) is 30.5 Å². The lowest BCUT2D eigenvalue weighted by atomic mass is 10.2. The van der Waals surface area contributed by atoms with Crippen LogP contribution < -0.4 is 16.6 Å². The second-order valence-corrected chi connectivity index (χ2v) is 5.97. The van der Waals surface area contributed by atoms with Gasteiger partial charge in [0.05, 0.1) is 5.25 Å². The summed E-state index contributed by atoms with van der Waals surface area (Å²) in [6.07, 6.45) is 0.422. The minimum Gasteiger partial charge on any atom is -0.325 e. The lowest BCUT2D eigenvalue weighted by Crippen LogP contribution is -2.29. The molecule has 1 aromatic heterocycles. The summed E-state index contributed by atoms with van der Waals surface area (Å²) in [4.78, 5) is 36.8. The fraction of sp³-hybridized carbons (Fsp3) is 0.286. The second kappa shape index (κ2) is 7.23. The van der Waals surface area contributed by atoms with Crippen molar-refractivity contribution >= 4 is 23.4 Å². The molecule has 0 spiro atoms. The smallest absolute Gasteiger partial charge is 0.325 e. The van der Waals surface area contributed by atoms with Crippen molar-refractivity contribution in [1.29, 1.82) is 0 Å². The van der Waals surface area contributed by atoms with Crippen LogP contribution >= 0.6 is 11.8 Å². The van der Waals surface area contributed by atoms with Gasteiger partial charge in [0.15, 0.2) is 5.03 Å². The van der Waals surface area contributed by atoms with Gasteiger partial charge in [-0.3, -0.25) is 14.6 Å². The molecule has 0 aliphatic carbocycles. The molecule has 0 bridgehead atoms. The number of carbonyl (C=O) groups excluding carboxylic acids is 1. The van der Waals surface area contributed by atoms with E-state index in [0.717, 1.165) is 11.8 Å². The predicted molar refractivity (Wildman–Crippen MR) is 85.2 cm³/mol. The summed E-state index contributed by atoms with van der Waals surface area (Å²) in [5.74, 6) is -0.796. The highest BCUT2D eigenvalue weighted by Gasteiger charge is 2.21. The number of aromatic amines is 2. The summed E-state index contributed by atoms with van der Waals surface area (Å²) in [5.41, 5.74) is -0.563. The number of thioether (sulfide) groups is 1. The van der Waals surface area contributed by atoms with E-state index in [9.17, 15) is 18.8 Å². The molecule has 7 nitrogen and oxygen atoms in total. The molecule has 0 unspecified atom stereocenters. The number of H-pyrrole nitrogens is 2. The zero-order valence-corrected chi connectivity index (χ0v) is 13.3. The summed E-state index contributed by atoms with van der Waals surface area (Å²) >= 11 is 0.928. The number of nitrogens with zero attached hydrogens (tertiary/aromatic N) is 1. The number of rotatable bonds is 5. The fourth-order valence-electron chi connectivity index (χ4n) is 1.77. The number of carbonyl (C=O) groups is 1. The standard InChI is InChI=1S/C14H15FN4O3S/c1-3-10(23-13-12(21)17-14(22)19-18-13)11(20)16-8-5-4-7(2)9(15)6-8/h4-6,10H,3H2,1-2H3,(H,16,20)(H2,17,19,21,22)/t10-/m1/s1. The molecule has 0 aliphatic heterocycles. The maximum atomic E-state index is 13.5. The minimum absolute atomic E-state index is 0.0123. The Bertz CT molecular complexity index is 833. The van der Waals surface area contributed by atoms with Gasteiger partial charge in [-0.2, -0.15) is 5.10 Å². The molecule has 1 heterocycles. The van der Waals surface area contributed by atoms with Crippen molar-refractivity contribution in [2.24, 2.45) is 0 Å². The Kier molecular flexibility index (Phi) is 5.32. The van der Waals surface area contributed by atoms with Crippen LogP contribution in [0.2, 0.25) is 0 Å². The van der Waals surface area contributed by atoms with Gasteiger partial charge < -0.3 is 5.32 Å². The molecule has 3 N–H and O–H groups in total. The molecule has 23 heavy (non-hydrogen) atoms. The molecule has 9 heteroatoms. The number of anilines is 1. The molecule has 122 valence electrons. The number of aromatic nitrogens is 3. The number of benzene rings is 1. The first kappa shape index (κ1) is 16.9. The van der Waals surface area contributed by atoms with Gasteiger partial charge >= 0.3 is 5.69 Å². The molecule has 0 fully saturated rings. The number of halogens is 1. The van der Waals surface area contributed by atoms with Crippen LogP contribution in [0, 0.1) is 12.7 Å². The molecule has 0 saturated heterocycles. The molecule has 0 aliphatic rings. The Hall–Kier alpha value is -2.42. The van der Waals surface area contributed by atoms with Gasteiger partial charge in [-0.25, -0.2) is 14.3 Å². The van der Waals surface area contributed by atoms with Crippen LogP contribution in [0.3, 0.4) is 0 Å². The van der Waals surface area contributed by atoms with E-state index >= 15 is 0 Å². The molecule has 0 saturated carbocycles. The molecular weight excluding hydrogens is 323 g/mol. The summed E-state index contributed by atoms with van der Waals surface area (Å²) in [6, 6.07) is 4.39.